The van der Waals surface area contributed by atoms with E-state index < -0.39 is 17.2 Å². The molecule has 16 heavy (non-hydrogen) atoms. The molecular weight excluding hydrogens is 236 g/mol. The van der Waals surface area contributed by atoms with Gasteiger partial charge < -0.3 is 9.47 Å². The van der Waals surface area contributed by atoms with E-state index >= 15 is 0 Å². The van der Waals surface area contributed by atoms with Gasteiger partial charge in [0.2, 0.25) is 0 Å². The van der Waals surface area contributed by atoms with Gasteiger partial charge in [0, 0.05) is 0 Å². The molecule has 0 spiro atoms. The van der Waals surface area contributed by atoms with Gasteiger partial charge in [-0.25, -0.2) is 9.59 Å². The Morgan fingerprint density at radius 3 is 2.12 bits per heavy atom. The SMILES string of the molecule is COC(=O)c1ccc(OC(=O)C(=O)Cl)cc1. The summed E-state index contributed by atoms with van der Waals surface area (Å²) in [6.45, 7) is 0. The number of benzene rings is 1. The van der Waals surface area contributed by atoms with Gasteiger partial charge in [-0.2, -0.15) is 0 Å². The Labute approximate surface area is 95.9 Å². The average molecular weight is 243 g/mol. The molecule has 0 aliphatic heterocycles. The summed E-state index contributed by atoms with van der Waals surface area (Å²) in [5, 5.41) is -1.21. The van der Waals surface area contributed by atoms with Gasteiger partial charge in [-0.15, -0.1) is 0 Å². The number of rotatable bonds is 3. The number of hydrogen-bond acceptors (Lipinski definition) is 5. The summed E-state index contributed by atoms with van der Waals surface area (Å²) in [5.41, 5.74) is 0.305. The van der Waals surface area contributed by atoms with E-state index in [4.69, 9.17) is 11.6 Å². The number of ether oxygens (including phenoxy) is 2. The van der Waals surface area contributed by atoms with Crippen molar-refractivity contribution < 1.29 is 23.9 Å². The second-order valence-electron chi connectivity index (χ2n) is 2.68. The molecule has 0 atom stereocenters. The van der Waals surface area contributed by atoms with E-state index in [2.05, 4.69) is 9.47 Å². The van der Waals surface area contributed by atoms with Crippen molar-refractivity contribution in [3.05, 3.63) is 29.8 Å². The molecule has 0 aliphatic rings. The van der Waals surface area contributed by atoms with Crippen LogP contribution in [0.15, 0.2) is 24.3 Å². The number of esters is 2. The molecule has 1 aromatic rings. The number of carbonyl (C=O) groups is 3. The van der Waals surface area contributed by atoms with Gasteiger partial charge in [0.15, 0.2) is 0 Å². The van der Waals surface area contributed by atoms with Crippen LogP contribution in [0.1, 0.15) is 10.4 Å². The van der Waals surface area contributed by atoms with Gasteiger partial charge in [-0.1, -0.05) is 0 Å². The topological polar surface area (TPSA) is 69.7 Å². The van der Waals surface area contributed by atoms with Crippen LogP contribution in [-0.4, -0.2) is 24.3 Å². The molecule has 5 nitrogen and oxygen atoms in total. The highest BCUT2D eigenvalue weighted by Gasteiger charge is 2.13. The molecule has 0 fully saturated rings. The Balaban J connectivity index is 2.76. The van der Waals surface area contributed by atoms with Crippen LogP contribution in [-0.2, 0) is 14.3 Å². The molecule has 1 rings (SSSR count). The van der Waals surface area contributed by atoms with Crippen LogP contribution in [0.3, 0.4) is 0 Å². The summed E-state index contributed by atoms with van der Waals surface area (Å²) in [4.78, 5) is 32.2. The first-order valence-corrected chi connectivity index (χ1v) is 4.52. The van der Waals surface area contributed by atoms with Crippen LogP contribution < -0.4 is 4.74 Å². The minimum atomic E-state index is -1.21. The summed E-state index contributed by atoms with van der Waals surface area (Å²) >= 11 is 4.89. The van der Waals surface area contributed by atoms with Gasteiger partial charge in [0.25, 0.3) is 0 Å². The first-order chi connectivity index (χ1) is 7.54. The van der Waals surface area contributed by atoms with Crippen molar-refractivity contribution in [2.45, 2.75) is 0 Å². The molecule has 0 unspecified atom stereocenters. The quantitative estimate of drug-likeness (QED) is 0.344. The van der Waals surface area contributed by atoms with Crippen molar-refractivity contribution in [1.82, 2.24) is 0 Å². The maximum absolute atomic E-state index is 11.0. The Morgan fingerprint density at radius 2 is 1.69 bits per heavy atom. The first kappa shape index (κ1) is 12.2. The highest BCUT2D eigenvalue weighted by molar-refractivity contribution is 6.80. The molecule has 0 bridgehead atoms. The van der Waals surface area contributed by atoms with Crippen molar-refractivity contribution in [2.24, 2.45) is 0 Å². The zero-order valence-electron chi connectivity index (χ0n) is 8.23. The summed E-state index contributed by atoms with van der Waals surface area (Å²) in [6, 6.07) is 5.49. The maximum Gasteiger partial charge on any atom is 0.396 e. The van der Waals surface area contributed by atoms with Crippen molar-refractivity contribution >= 4 is 28.8 Å². The Kier molecular flexibility index (Phi) is 4.02. The maximum atomic E-state index is 11.0. The Bertz CT molecular complexity index is 423. The lowest BCUT2D eigenvalue weighted by Crippen LogP contribution is -2.14. The third kappa shape index (κ3) is 3.06. The highest BCUT2D eigenvalue weighted by atomic mass is 35.5. The second kappa shape index (κ2) is 5.27. The Morgan fingerprint density at radius 1 is 1.12 bits per heavy atom. The fourth-order valence-corrected chi connectivity index (χ4v) is 0.963. The summed E-state index contributed by atoms with van der Waals surface area (Å²) in [6.07, 6.45) is 0. The molecule has 0 aromatic heterocycles. The van der Waals surface area contributed by atoms with Crippen LogP contribution in [0.25, 0.3) is 0 Å². The molecule has 0 aliphatic carbocycles. The minimum absolute atomic E-state index is 0.117. The monoisotopic (exact) mass is 242 g/mol. The van der Waals surface area contributed by atoms with Crippen LogP contribution >= 0.6 is 11.6 Å². The molecule has 0 saturated carbocycles. The highest BCUT2D eigenvalue weighted by Crippen LogP contribution is 2.13. The predicted octanol–water partition coefficient (Wildman–Crippen LogP) is 1.14. The van der Waals surface area contributed by atoms with E-state index in [0.717, 1.165) is 0 Å². The largest absolute Gasteiger partial charge is 0.465 e. The number of halogens is 1. The van der Waals surface area contributed by atoms with Crippen LogP contribution in [0.5, 0.6) is 5.75 Å². The number of hydrogen-bond donors (Lipinski definition) is 0. The van der Waals surface area contributed by atoms with Crippen molar-refractivity contribution in [3.63, 3.8) is 0 Å². The van der Waals surface area contributed by atoms with E-state index in [1.165, 1.54) is 31.4 Å². The zero-order valence-corrected chi connectivity index (χ0v) is 8.98. The predicted molar refractivity (Wildman–Crippen MR) is 54.3 cm³/mol. The molecule has 0 heterocycles. The second-order valence-corrected chi connectivity index (χ2v) is 3.02. The number of carbonyl (C=O) groups excluding carboxylic acids is 3. The zero-order chi connectivity index (χ0) is 12.1. The molecule has 1 aromatic carbocycles. The van der Waals surface area contributed by atoms with Crippen molar-refractivity contribution in [1.29, 1.82) is 0 Å². The fraction of sp³-hybridized carbons (Fsp3) is 0.100. The molecular formula is C10H7ClO5. The van der Waals surface area contributed by atoms with E-state index in [9.17, 15) is 14.4 Å². The van der Waals surface area contributed by atoms with Gasteiger partial charge >= 0.3 is 17.2 Å². The van der Waals surface area contributed by atoms with E-state index in [1.807, 2.05) is 0 Å². The van der Waals surface area contributed by atoms with Gasteiger partial charge in [0.05, 0.1) is 12.7 Å². The summed E-state index contributed by atoms with van der Waals surface area (Å²) < 4.78 is 9.05. The number of methoxy groups -OCH3 is 1. The third-order valence-electron chi connectivity index (χ3n) is 1.65. The normalized spacial score (nSPS) is 9.38. The molecule has 6 heteroatoms. The van der Waals surface area contributed by atoms with Crippen LogP contribution in [0.2, 0.25) is 0 Å². The van der Waals surface area contributed by atoms with E-state index in [-0.39, 0.29) is 5.75 Å². The molecule has 0 saturated heterocycles. The van der Waals surface area contributed by atoms with Crippen LogP contribution in [0, 0.1) is 0 Å². The third-order valence-corrected chi connectivity index (χ3v) is 1.80. The average Bonchev–Trinajstić information content (AvgIpc) is 2.28. The van der Waals surface area contributed by atoms with E-state index in [1.54, 1.807) is 0 Å². The minimum Gasteiger partial charge on any atom is -0.465 e. The smallest absolute Gasteiger partial charge is 0.396 e. The van der Waals surface area contributed by atoms with Gasteiger partial charge in [-0.3, -0.25) is 4.79 Å². The lowest BCUT2D eigenvalue weighted by atomic mass is 10.2. The lowest BCUT2D eigenvalue weighted by Gasteiger charge is -2.02. The summed E-state index contributed by atoms with van der Waals surface area (Å²) in [5.74, 6) is -1.56. The molecule has 0 radical (unpaired) electrons. The van der Waals surface area contributed by atoms with Gasteiger partial charge in [0.1, 0.15) is 5.75 Å². The molecule has 0 N–H and O–H groups in total. The molecule has 84 valence electrons. The lowest BCUT2D eigenvalue weighted by molar-refractivity contribution is -0.143. The Hall–Kier alpha value is -1.88. The standard InChI is InChI=1S/C10H7ClO5/c1-15-9(13)6-2-4-7(5-3-6)16-10(14)8(11)12/h2-5H,1H3. The molecule has 0 amide bonds. The van der Waals surface area contributed by atoms with Crippen molar-refractivity contribution in [3.8, 4) is 5.75 Å². The first-order valence-electron chi connectivity index (χ1n) is 4.14. The van der Waals surface area contributed by atoms with Gasteiger partial charge in [-0.05, 0) is 35.9 Å². The fourth-order valence-electron chi connectivity index (χ4n) is 0.924. The van der Waals surface area contributed by atoms with Crippen molar-refractivity contribution in [2.75, 3.05) is 7.11 Å². The van der Waals surface area contributed by atoms with Crippen LogP contribution in [0.4, 0.5) is 0 Å². The summed E-state index contributed by atoms with van der Waals surface area (Å²) in [7, 11) is 1.25. The van der Waals surface area contributed by atoms with E-state index in [0.29, 0.717) is 5.56 Å².